The van der Waals surface area contributed by atoms with Crippen LogP contribution < -0.4 is 19.1 Å². The summed E-state index contributed by atoms with van der Waals surface area (Å²) in [4.78, 5) is 27.5. The molecule has 1 heterocycles. The van der Waals surface area contributed by atoms with Crippen LogP contribution >= 0.6 is 0 Å². The van der Waals surface area contributed by atoms with Crippen molar-refractivity contribution in [3.8, 4) is 11.5 Å². The minimum atomic E-state index is -3.87. The predicted octanol–water partition coefficient (Wildman–Crippen LogP) is 2.31. The molecule has 9 nitrogen and oxygen atoms in total. The summed E-state index contributed by atoms with van der Waals surface area (Å²) in [7, 11) is -2.40. The van der Waals surface area contributed by atoms with Crippen LogP contribution in [0.25, 0.3) is 0 Å². The highest BCUT2D eigenvalue weighted by Crippen LogP contribution is 2.35. The molecular weight excluding hydrogens is 477 g/mol. The number of ether oxygens (including phenoxy) is 2. The molecule has 1 aliphatic heterocycles. The van der Waals surface area contributed by atoms with Gasteiger partial charge in [-0.15, -0.1) is 0 Å². The van der Waals surface area contributed by atoms with Gasteiger partial charge in [0.15, 0.2) is 11.5 Å². The maximum Gasteiger partial charge on any atom is 0.244 e. The van der Waals surface area contributed by atoms with Crippen LogP contribution in [-0.2, 0) is 26.2 Å². The highest BCUT2D eigenvalue weighted by Gasteiger charge is 2.32. The summed E-state index contributed by atoms with van der Waals surface area (Å²) in [6, 6.07) is 9.40. The normalized spacial score (nSPS) is 13.6. The number of rotatable bonds is 10. The smallest absolute Gasteiger partial charge is 0.244 e. The summed E-state index contributed by atoms with van der Waals surface area (Å²) in [6.45, 7) is 3.44. The van der Waals surface area contributed by atoms with Gasteiger partial charge in [0.1, 0.15) is 31.6 Å². The molecule has 11 heteroatoms. The quantitative estimate of drug-likeness (QED) is 0.529. The van der Waals surface area contributed by atoms with Crippen molar-refractivity contribution in [1.29, 1.82) is 0 Å². The first-order valence-corrected chi connectivity index (χ1v) is 13.0. The summed E-state index contributed by atoms with van der Waals surface area (Å²) < 4.78 is 51.5. The van der Waals surface area contributed by atoms with Gasteiger partial charge in [-0.1, -0.05) is 19.1 Å². The van der Waals surface area contributed by atoms with Gasteiger partial charge in [0.05, 0.1) is 11.4 Å². The van der Waals surface area contributed by atoms with Crippen molar-refractivity contribution in [2.24, 2.45) is 0 Å². The number of carbonyl (C=O) groups is 2. The molecule has 35 heavy (non-hydrogen) atoms. The SMILES string of the molecule is CCC(C(=O)NC)N(Cc1ccc(F)cc1)C(=O)CN(c1ccc2c(c1)OCCO2)S(=O)(=O)CC. The molecule has 2 aromatic rings. The molecule has 190 valence electrons. The van der Waals surface area contributed by atoms with E-state index in [-0.39, 0.29) is 23.9 Å². The van der Waals surface area contributed by atoms with Crippen LogP contribution in [0, 0.1) is 5.82 Å². The maximum atomic E-state index is 13.6. The number of anilines is 1. The lowest BCUT2D eigenvalue weighted by atomic mass is 10.1. The van der Waals surface area contributed by atoms with Gasteiger partial charge in [-0.3, -0.25) is 13.9 Å². The first-order valence-electron chi connectivity index (χ1n) is 11.4. The molecule has 1 aliphatic rings. The number of nitrogens with one attached hydrogen (secondary N) is 1. The monoisotopic (exact) mass is 507 g/mol. The topological polar surface area (TPSA) is 105 Å². The second-order valence-corrected chi connectivity index (χ2v) is 10.1. The van der Waals surface area contributed by atoms with Crippen molar-refractivity contribution < 1.29 is 31.9 Å². The average Bonchev–Trinajstić information content (AvgIpc) is 2.87. The number of fused-ring (bicyclic) bond motifs is 1. The van der Waals surface area contributed by atoms with E-state index in [2.05, 4.69) is 5.32 Å². The number of hydrogen-bond acceptors (Lipinski definition) is 6. The molecular formula is C24H30FN3O6S. The van der Waals surface area contributed by atoms with Crippen molar-refractivity contribution in [2.75, 3.05) is 36.9 Å². The molecule has 2 amide bonds. The van der Waals surface area contributed by atoms with Gasteiger partial charge in [0.25, 0.3) is 0 Å². The number of likely N-dealkylation sites (N-methyl/N-ethyl adjacent to an activating group) is 1. The van der Waals surface area contributed by atoms with Crippen LogP contribution in [-0.4, -0.2) is 63.7 Å². The number of sulfonamides is 1. The lowest BCUT2D eigenvalue weighted by molar-refractivity contribution is -0.140. The van der Waals surface area contributed by atoms with Crippen LogP contribution in [0.2, 0.25) is 0 Å². The van der Waals surface area contributed by atoms with Gasteiger partial charge in [0, 0.05) is 19.7 Å². The maximum absolute atomic E-state index is 13.6. The van der Waals surface area contributed by atoms with Crippen molar-refractivity contribution in [3.63, 3.8) is 0 Å². The lowest BCUT2D eigenvalue weighted by Crippen LogP contribution is -2.52. The van der Waals surface area contributed by atoms with Gasteiger partial charge >= 0.3 is 0 Å². The van der Waals surface area contributed by atoms with Crippen LogP contribution in [0.15, 0.2) is 42.5 Å². The molecule has 1 atom stereocenters. The highest BCUT2D eigenvalue weighted by molar-refractivity contribution is 7.92. The zero-order chi connectivity index (χ0) is 25.6. The molecule has 1 N–H and O–H groups in total. The molecule has 2 aromatic carbocycles. The van der Waals surface area contributed by atoms with Crippen LogP contribution in [0.4, 0.5) is 10.1 Å². The Balaban J connectivity index is 1.97. The third kappa shape index (κ3) is 6.21. The highest BCUT2D eigenvalue weighted by atomic mass is 32.2. The molecule has 0 bridgehead atoms. The molecule has 0 saturated heterocycles. The second kappa shape index (κ2) is 11.4. The number of halogens is 1. The average molecular weight is 508 g/mol. The van der Waals surface area contributed by atoms with Crippen LogP contribution in [0.5, 0.6) is 11.5 Å². The number of nitrogens with zero attached hydrogens (tertiary/aromatic N) is 2. The summed E-state index contributed by atoms with van der Waals surface area (Å²) >= 11 is 0. The van der Waals surface area contributed by atoms with E-state index in [0.717, 1.165) is 4.31 Å². The van der Waals surface area contributed by atoms with Gasteiger partial charge in [-0.05, 0) is 43.2 Å². The fourth-order valence-corrected chi connectivity index (χ4v) is 4.83. The van der Waals surface area contributed by atoms with Crippen LogP contribution in [0.3, 0.4) is 0 Å². The molecule has 0 spiro atoms. The van der Waals surface area contributed by atoms with E-state index in [0.29, 0.717) is 36.7 Å². The Labute approximate surface area is 204 Å². The van der Waals surface area contributed by atoms with Crippen molar-refractivity contribution in [2.45, 2.75) is 32.9 Å². The Bertz CT molecular complexity index is 1160. The van der Waals surface area contributed by atoms with Gasteiger partial charge in [-0.2, -0.15) is 0 Å². The Morgan fingerprint density at radius 1 is 1.06 bits per heavy atom. The van der Waals surface area contributed by atoms with E-state index in [1.807, 2.05) is 0 Å². The first-order chi connectivity index (χ1) is 16.7. The summed E-state index contributed by atoms with van der Waals surface area (Å²) in [5.41, 5.74) is 0.852. The molecule has 0 radical (unpaired) electrons. The Morgan fingerprint density at radius 2 is 1.71 bits per heavy atom. The van der Waals surface area contributed by atoms with E-state index in [1.165, 1.54) is 49.2 Å². The van der Waals surface area contributed by atoms with Gasteiger partial charge < -0.3 is 19.7 Å². The molecule has 1 unspecified atom stereocenters. The first kappa shape index (κ1) is 26.3. The molecule has 0 fully saturated rings. The summed E-state index contributed by atoms with van der Waals surface area (Å²) in [5, 5.41) is 2.55. The lowest BCUT2D eigenvalue weighted by Gasteiger charge is -2.33. The van der Waals surface area contributed by atoms with Gasteiger partial charge in [0.2, 0.25) is 21.8 Å². The molecule has 0 aromatic heterocycles. The predicted molar refractivity (Wildman–Crippen MR) is 129 cm³/mol. The van der Waals surface area contributed by atoms with E-state index in [4.69, 9.17) is 9.47 Å². The van der Waals surface area contributed by atoms with E-state index < -0.39 is 34.3 Å². The second-order valence-electron chi connectivity index (χ2n) is 7.92. The largest absolute Gasteiger partial charge is 0.486 e. The Morgan fingerprint density at radius 3 is 2.31 bits per heavy atom. The fraction of sp³-hybridized carbons (Fsp3) is 0.417. The number of amides is 2. The number of benzene rings is 2. The van der Waals surface area contributed by atoms with Crippen molar-refractivity contribution in [1.82, 2.24) is 10.2 Å². The minimum absolute atomic E-state index is 0.00614. The number of hydrogen-bond donors (Lipinski definition) is 1. The molecule has 0 saturated carbocycles. The minimum Gasteiger partial charge on any atom is -0.486 e. The summed E-state index contributed by atoms with van der Waals surface area (Å²) in [5.74, 6) is -0.742. The van der Waals surface area contributed by atoms with Crippen molar-refractivity contribution in [3.05, 3.63) is 53.8 Å². The third-order valence-electron chi connectivity index (χ3n) is 5.69. The number of carbonyl (C=O) groups excluding carboxylic acids is 2. The standard InChI is InChI=1S/C24H30FN3O6S/c1-4-20(24(30)26-3)27(15-17-6-8-18(25)9-7-17)23(29)16-28(35(31,32)5-2)19-10-11-21-22(14-19)34-13-12-33-21/h6-11,14,20H,4-5,12-13,15-16H2,1-3H3,(H,26,30). The molecule has 3 rings (SSSR count). The van der Waals surface area contributed by atoms with Crippen molar-refractivity contribution >= 4 is 27.5 Å². The van der Waals surface area contributed by atoms with Crippen LogP contribution in [0.1, 0.15) is 25.8 Å². The van der Waals surface area contributed by atoms with E-state index >= 15 is 0 Å². The Kier molecular flexibility index (Phi) is 8.55. The third-order valence-corrected chi connectivity index (χ3v) is 7.43. The molecule has 0 aliphatic carbocycles. The zero-order valence-electron chi connectivity index (χ0n) is 20.0. The summed E-state index contributed by atoms with van der Waals surface area (Å²) in [6.07, 6.45) is 0.303. The fourth-order valence-electron chi connectivity index (χ4n) is 3.78. The van der Waals surface area contributed by atoms with E-state index in [9.17, 15) is 22.4 Å². The van der Waals surface area contributed by atoms with E-state index in [1.54, 1.807) is 19.1 Å². The zero-order valence-corrected chi connectivity index (χ0v) is 20.8. The van der Waals surface area contributed by atoms with Gasteiger partial charge in [-0.25, -0.2) is 12.8 Å². The Hall–Kier alpha value is -3.34.